The second-order valence-corrected chi connectivity index (χ2v) is 8.93. The lowest BCUT2D eigenvalue weighted by Crippen LogP contribution is -2.37. The van der Waals surface area contributed by atoms with Gasteiger partial charge >= 0.3 is 0 Å². The van der Waals surface area contributed by atoms with Gasteiger partial charge in [-0.15, -0.1) is 0 Å². The lowest BCUT2D eigenvalue weighted by Gasteiger charge is -2.22. The predicted molar refractivity (Wildman–Crippen MR) is 106 cm³/mol. The van der Waals surface area contributed by atoms with Crippen molar-refractivity contribution in [1.82, 2.24) is 10.3 Å². The van der Waals surface area contributed by atoms with Crippen LogP contribution in [0.1, 0.15) is 57.9 Å². The SMILES string of the molecule is CC(C)NC(=O)C(C)[C@@H]1C[C@H]2C[C@@H](c3ccnc4ccc(F)cc34)C[C@H]2C1. The van der Waals surface area contributed by atoms with Gasteiger partial charge in [0, 0.05) is 23.5 Å². The van der Waals surface area contributed by atoms with Gasteiger partial charge in [0.1, 0.15) is 5.82 Å². The van der Waals surface area contributed by atoms with Crippen molar-refractivity contribution in [3.05, 3.63) is 41.8 Å². The highest BCUT2D eigenvalue weighted by molar-refractivity contribution is 5.82. The number of fused-ring (bicyclic) bond motifs is 2. The Morgan fingerprint density at radius 3 is 2.48 bits per heavy atom. The molecule has 2 aliphatic rings. The van der Waals surface area contributed by atoms with Crippen LogP contribution in [0.3, 0.4) is 0 Å². The van der Waals surface area contributed by atoms with Gasteiger partial charge < -0.3 is 5.32 Å². The van der Waals surface area contributed by atoms with E-state index >= 15 is 0 Å². The van der Waals surface area contributed by atoms with Crippen molar-refractivity contribution >= 4 is 16.8 Å². The topological polar surface area (TPSA) is 42.0 Å². The van der Waals surface area contributed by atoms with Crippen LogP contribution in [-0.4, -0.2) is 16.9 Å². The van der Waals surface area contributed by atoms with Gasteiger partial charge in [0.05, 0.1) is 5.52 Å². The highest BCUT2D eigenvalue weighted by Crippen LogP contribution is 2.54. The van der Waals surface area contributed by atoms with Crippen LogP contribution in [0.2, 0.25) is 0 Å². The van der Waals surface area contributed by atoms with Gasteiger partial charge in [-0.3, -0.25) is 9.78 Å². The molecule has 3 nitrogen and oxygen atoms in total. The Kier molecular flexibility index (Phi) is 4.92. The Bertz CT molecular complexity index is 835. The molecule has 5 atom stereocenters. The Morgan fingerprint density at radius 2 is 1.81 bits per heavy atom. The number of rotatable bonds is 4. The van der Waals surface area contributed by atoms with E-state index in [4.69, 9.17) is 0 Å². The van der Waals surface area contributed by atoms with Crippen LogP contribution in [-0.2, 0) is 4.79 Å². The molecule has 2 fully saturated rings. The number of hydrogen-bond donors (Lipinski definition) is 1. The van der Waals surface area contributed by atoms with Gasteiger partial charge in [-0.2, -0.15) is 0 Å². The molecule has 0 aliphatic heterocycles. The summed E-state index contributed by atoms with van der Waals surface area (Å²) in [7, 11) is 0. The Labute approximate surface area is 160 Å². The maximum absolute atomic E-state index is 13.8. The van der Waals surface area contributed by atoms with Crippen LogP contribution in [0.25, 0.3) is 10.9 Å². The average Bonchev–Trinajstić information content (AvgIpc) is 3.18. The van der Waals surface area contributed by atoms with E-state index in [1.165, 1.54) is 11.6 Å². The molecule has 4 rings (SSSR count). The molecule has 0 spiro atoms. The lowest BCUT2D eigenvalue weighted by atomic mass is 9.86. The summed E-state index contributed by atoms with van der Waals surface area (Å²) in [5, 5.41) is 4.03. The smallest absolute Gasteiger partial charge is 0.223 e. The van der Waals surface area contributed by atoms with E-state index in [2.05, 4.69) is 23.3 Å². The zero-order chi connectivity index (χ0) is 19.1. The maximum atomic E-state index is 13.8. The quantitative estimate of drug-likeness (QED) is 0.820. The third kappa shape index (κ3) is 3.59. The summed E-state index contributed by atoms with van der Waals surface area (Å²) >= 11 is 0. The minimum absolute atomic E-state index is 0.0901. The number of aromatic nitrogens is 1. The summed E-state index contributed by atoms with van der Waals surface area (Å²) in [6, 6.07) is 7.16. The van der Waals surface area contributed by atoms with Crippen molar-refractivity contribution in [2.24, 2.45) is 23.7 Å². The zero-order valence-corrected chi connectivity index (χ0v) is 16.4. The first-order valence-corrected chi connectivity index (χ1v) is 10.3. The summed E-state index contributed by atoms with van der Waals surface area (Å²) in [4.78, 5) is 16.8. The van der Waals surface area contributed by atoms with Crippen LogP contribution in [0.15, 0.2) is 30.5 Å². The molecular weight excluding hydrogens is 339 g/mol. The van der Waals surface area contributed by atoms with Gasteiger partial charge in [0.2, 0.25) is 5.91 Å². The number of carbonyl (C=O) groups is 1. The number of hydrogen-bond acceptors (Lipinski definition) is 2. The summed E-state index contributed by atoms with van der Waals surface area (Å²) < 4.78 is 13.8. The standard InChI is InChI=1S/C23H29FN2O/c1-13(2)26-23(27)14(3)15-8-16-10-18(11-17(16)9-15)20-6-7-25-22-5-4-19(24)12-21(20)22/h4-7,12-18H,8-11H2,1-3H3,(H,26,27)/t14?,15-,16+,17-,18-. The van der Waals surface area contributed by atoms with Gasteiger partial charge in [-0.25, -0.2) is 4.39 Å². The first kappa shape index (κ1) is 18.4. The predicted octanol–water partition coefficient (Wildman–Crippen LogP) is 5.05. The molecule has 0 radical (unpaired) electrons. The van der Waals surface area contributed by atoms with Crippen molar-refractivity contribution in [1.29, 1.82) is 0 Å². The molecular formula is C23H29FN2O. The molecule has 1 aromatic carbocycles. The minimum Gasteiger partial charge on any atom is -0.354 e. The molecule has 27 heavy (non-hydrogen) atoms. The third-order valence-electron chi connectivity index (χ3n) is 6.78. The number of carbonyl (C=O) groups excluding carboxylic acids is 1. The Hall–Kier alpha value is -1.97. The number of pyridine rings is 1. The fraction of sp³-hybridized carbons (Fsp3) is 0.565. The van der Waals surface area contributed by atoms with Crippen LogP contribution in [0, 0.1) is 29.5 Å². The first-order chi connectivity index (χ1) is 12.9. The number of halogens is 1. The molecule has 2 saturated carbocycles. The van der Waals surface area contributed by atoms with Crippen molar-refractivity contribution < 1.29 is 9.18 Å². The van der Waals surface area contributed by atoms with E-state index in [1.807, 2.05) is 20.0 Å². The van der Waals surface area contributed by atoms with Gasteiger partial charge in [-0.1, -0.05) is 6.92 Å². The first-order valence-electron chi connectivity index (χ1n) is 10.3. The largest absolute Gasteiger partial charge is 0.354 e. The molecule has 0 saturated heterocycles. The minimum atomic E-state index is -0.194. The van der Waals surface area contributed by atoms with Crippen LogP contribution >= 0.6 is 0 Å². The maximum Gasteiger partial charge on any atom is 0.223 e. The number of nitrogens with one attached hydrogen (secondary N) is 1. The van der Waals surface area contributed by atoms with E-state index < -0.39 is 0 Å². The molecule has 2 aromatic rings. The molecule has 2 aliphatic carbocycles. The molecule has 1 N–H and O–H groups in total. The lowest BCUT2D eigenvalue weighted by molar-refractivity contribution is -0.126. The zero-order valence-electron chi connectivity index (χ0n) is 16.4. The van der Waals surface area contributed by atoms with E-state index in [9.17, 15) is 9.18 Å². The summed E-state index contributed by atoms with van der Waals surface area (Å²) in [6.07, 6.45) is 6.44. The fourth-order valence-corrected chi connectivity index (χ4v) is 5.45. The normalized spacial score (nSPS) is 28.5. The van der Waals surface area contributed by atoms with E-state index in [-0.39, 0.29) is 23.7 Å². The Balaban J connectivity index is 1.46. The highest BCUT2D eigenvalue weighted by Gasteiger charge is 2.44. The molecule has 1 unspecified atom stereocenters. The highest BCUT2D eigenvalue weighted by atomic mass is 19.1. The number of benzene rings is 1. The number of amides is 1. The van der Waals surface area contributed by atoms with E-state index in [1.54, 1.807) is 12.1 Å². The molecule has 1 heterocycles. The average molecular weight is 368 g/mol. The van der Waals surface area contributed by atoms with Crippen LogP contribution in [0.5, 0.6) is 0 Å². The van der Waals surface area contributed by atoms with Gasteiger partial charge in [0.25, 0.3) is 0 Å². The van der Waals surface area contributed by atoms with Gasteiger partial charge in [0.15, 0.2) is 0 Å². The van der Waals surface area contributed by atoms with E-state index in [0.29, 0.717) is 23.7 Å². The second-order valence-electron chi connectivity index (χ2n) is 8.93. The molecule has 1 aromatic heterocycles. The van der Waals surface area contributed by atoms with Gasteiger partial charge in [-0.05, 0) is 93.0 Å². The second kappa shape index (κ2) is 7.21. The molecule has 4 heteroatoms. The summed E-state index contributed by atoms with van der Waals surface area (Å²) in [6.45, 7) is 6.11. The van der Waals surface area contributed by atoms with Crippen LogP contribution < -0.4 is 5.32 Å². The third-order valence-corrected chi connectivity index (χ3v) is 6.78. The summed E-state index contributed by atoms with van der Waals surface area (Å²) in [5.74, 6) is 2.44. The molecule has 1 amide bonds. The Morgan fingerprint density at radius 1 is 1.11 bits per heavy atom. The number of nitrogens with zero attached hydrogens (tertiary/aromatic N) is 1. The summed E-state index contributed by atoms with van der Waals surface area (Å²) in [5.41, 5.74) is 2.12. The van der Waals surface area contributed by atoms with Crippen molar-refractivity contribution in [3.8, 4) is 0 Å². The van der Waals surface area contributed by atoms with E-state index in [0.717, 1.165) is 36.6 Å². The van der Waals surface area contributed by atoms with Crippen LogP contribution in [0.4, 0.5) is 4.39 Å². The molecule has 0 bridgehead atoms. The van der Waals surface area contributed by atoms with Crippen molar-refractivity contribution in [2.75, 3.05) is 0 Å². The monoisotopic (exact) mass is 368 g/mol. The molecule has 144 valence electrons. The van der Waals surface area contributed by atoms with Crippen molar-refractivity contribution in [3.63, 3.8) is 0 Å². The fourth-order valence-electron chi connectivity index (χ4n) is 5.45. The van der Waals surface area contributed by atoms with Crippen molar-refractivity contribution in [2.45, 2.75) is 58.4 Å².